The Morgan fingerprint density at radius 2 is 1.86 bits per heavy atom. The average Bonchev–Trinajstić information content (AvgIpc) is 2.41. The molecule has 1 aromatic rings. The van der Waals surface area contributed by atoms with Crippen LogP contribution in [0.25, 0.3) is 0 Å². The van der Waals surface area contributed by atoms with Crippen molar-refractivity contribution in [2.45, 2.75) is 38.6 Å². The van der Waals surface area contributed by atoms with Crippen LogP contribution in [0.4, 0.5) is 0 Å². The number of nitrogens with one attached hydrogen (secondary N) is 1. The molecule has 1 rings (SSSR count). The van der Waals surface area contributed by atoms with Crippen molar-refractivity contribution in [1.82, 2.24) is 5.32 Å². The van der Waals surface area contributed by atoms with Crippen LogP contribution in [0.2, 0.25) is 10.0 Å². The number of ether oxygens (including phenoxy) is 1. The van der Waals surface area contributed by atoms with Gasteiger partial charge in [0.15, 0.2) is 0 Å². The van der Waals surface area contributed by atoms with Crippen molar-refractivity contribution in [3.8, 4) is 0 Å². The van der Waals surface area contributed by atoms with E-state index in [1.165, 1.54) is 7.11 Å². The van der Waals surface area contributed by atoms with Crippen LogP contribution in [0, 0.1) is 0 Å². The molecule has 4 nitrogen and oxygen atoms in total. The zero-order chi connectivity index (χ0) is 15.8. The summed E-state index contributed by atoms with van der Waals surface area (Å²) in [5.41, 5.74) is 0.698. The van der Waals surface area contributed by atoms with Crippen LogP contribution in [0.5, 0.6) is 0 Å². The van der Waals surface area contributed by atoms with Gasteiger partial charge in [-0.1, -0.05) is 43.0 Å². The highest BCUT2D eigenvalue weighted by atomic mass is 35.5. The summed E-state index contributed by atoms with van der Waals surface area (Å²) in [5, 5.41) is 3.64. The number of rotatable bonds is 7. The highest BCUT2D eigenvalue weighted by Gasteiger charge is 2.20. The normalized spacial score (nSPS) is 11.8. The zero-order valence-corrected chi connectivity index (χ0v) is 13.6. The highest BCUT2D eigenvalue weighted by Crippen LogP contribution is 2.19. The smallest absolute Gasteiger partial charge is 0.328 e. The lowest BCUT2D eigenvalue weighted by Crippen LogP contribution is -2.42. The highest BCUT2D eigenvalue weighted by molar-refractivity contribution is 6.34. The van der Waals surface area contributed by atoms with Gasteiger partial charge in [-0.25, -0.2) is 4.79 Å². The maximum atomic E-state index is 12.0. The van der Waals surface area contributed by atoms with E-state index in [2.05, 4.69) is 5.32 Å². The molecule has 0 aromatic heterocycles. The Bertz CT molecular complexity index is 485. The molecule has 0 aliphatic heterocycles. The van der Waals surface area contributed by atoms with E-state index < -0.39 is 12.0 Å². The topological polar surface area (TPSA) is 55.4 Å². The van der Waals surface area contributed by atoms with Crippen LogP contribution < -0.4 is 5.32 Å². The van der Waals surface area contributed by atoms with Crippen LogP contribution in [-0.2, 0) is 20.7 Å². The number of hydrogen-bond acceptors (Lipinski definition) is 3. The molecular formula is C15H19Cl2NO3. The van der Waals surface area contributed by atoms with Crippen LogP contribution in [-0.4, -0.2) is 25.0 Å². The SMILES string of the molecule is CCCCC(NC(=O)Cc1cc(Cl)cc(Cl)c1)C(=O)OC. The maximum absolute atomic E-state index is 12.0. The molecule has 1 amide bonds. The lowest BCUT2D eigenvalue weighted by Gasteiger charge is -2.16. The van der Waals surface area contributed by atoms with Crippen molar-refractivity contribution in [1.29, 1.82) is 0 Å². The Labute approximate surface area is 134 Å². The van der Waals surface area contributed by atoms with E-state index in [0.29, 0.717) is 22.0 Å². The first-order valence-electron chi connectivity index (χ1n) is 6.78. The predicted molar refractivity (Wildman–Crippen MR) is 83.6 cm³/mol. The summed E-state index contributed by atoms with van der Waals surface area (Å²) in [7, 11) is 1.31. The minimum Gasteiger partial charge on any atom is -0.467 e. The summed E-state index contributed by atoms with van der Waals surface area (Å²) >= 11 is 11.8. The molecule has 0 aliphatic rings. The Morgan fingerprint density at radius 1 is 1.24 bits per heavy atom. The predicted octanol–water partition coefficient (Wildman–Crippen LogP) is 3.38. The van der Waals surface area contributed by atoms with Gasteiger partial charge < -0.3 is 10.1 Å². The van der Waals surface area contributed by atoms with Crippen molar-refractivity contribution in [3.05, 3.63) is 33.8 Å². The number of unbranched alkanes of at least 4 members (excludes halogenated alkanes) is 1. The van der Waals surface area contributed by atoms with Gasteiger partial charge in [-0.05, 0) is 30.2 Å². The lowest BCUT2D eigenvalue weighted by atomic mass is 10.1. The number of amides is 1. The fourth-order valence-corrected chi connectivity index (χ4v) is 2.51. The van der Waals surface area contributed by atoms with Crippen molar-refractivity contribution >= 4 is 35.1 Å². The molecule has 0 saturated carbocycles. The third-order valence-corrected chi connectivity index (χ3v) is 3.39. The summed E-state index contributed by atoms with van der Waals surface area (Å²) < 4.78 is 4.70. The van der Waals surface area contributed by atoms with Crippen molar-refractivity contribution in [2.24, 2.45) is 0 Å². The third kappa shape index (κ3) is 6.36. The molecular weight excluding hydrogens is 313 g/mol. The molecule has 21 heavy (non-hydrogen) atoms. The van der Waals surface area contributed by atoms with Gasteiger partial charge in [0.2, 0.25) is 5.91 Å². The van der Waals surface area contributed by atoms with Gasteiger partial charge in [-0.15, -0.1) is 0 Å². The van der Waals surface area contributed by atoms with E-state index in [1.54, 1.807) is 18.2 Å². The standard InChI is InChI=1S/C15H19Cl2NO3/c1-3-4-5-13(15(20)21-2)18-14(19)8-10-6-11(16)9-12(17)7-10/h6-7,9,13H,3-5,8H2,1-2H3,(H,18,19). The van der Waals surface area contributed by atoms with Crippen molar-refractivity contribution in [3.63, 3.8) is 0 Å². The van der Waals surface area contributed by atoms with Crippen LogP contribution in [0.15, 0.2) is 18.2 Å². The van der Waals surface area contributed by atoms with Crippen LogP contribution >= 0.6 is 23.2 Å². The lowest BCUT2D eigenvalue weighted by molar-refractivity contribution is -0.145. The first-order chi connectivity index (χ1) is 9.96. The van der Waals surface area contributed by atoms with Gasteiger partial charge >= 0.3 is 5.97 Å². The average molecular weight is 332 g/mol. The molecule has 116 valence electrons. The van der Waals surface area contributed by atoms with Crippen molar-refractivity contribution in [2.75, 3.05) is 7.11 Å². The van der Waals surface area contributed by atoms with Gasteiger partial charge in [-0.3, -0.25) is 4.79 Å². The Morgan fingerprint density at radius 3 is 2.38 bits per heavy atom. The monoisotopic (exact) mass is 331 g/mol. The molecule has 0 aliphatic carbocycles. The zero-order valence-electron chi connectivity index (χ0n) is 12.1. The van der Waals surface area contributed by atoms with Gasteiger partial charge in [0.05, 0.1) is 13.5 Å². The molecule has 0 bridgehead atoms. The third-order valence-electron chi connectivity index (χ3n) is 2.95. The van der Waals surface area contributed by atoms with E-state index in [-0.39, 0.29) is 12.3 Å². The molecule has 0 saturated heterocycles. The molecule has 0 spiro atoms. The van der Waals surface area contributed by atoms with E-state index >= 15 is 0 Å². The molecule has 6 heteroatoms. The molecule has 1 atom stereocenters. The second kappa shape index (κ2) is 8.90. The number of benzene rings is 1. The summed E-state index contributed by atoms with van der Waals surface area (Å²) in [6.45, 7) is 2.02. The van der Waals surface area contributed by atoms with Gasteiger partial charge in [0.1, 0.15) is 6.04 Å². The largest absolute Gasteiger partial charge is 0.467 e. The number of hydrogen-bond donors (Lipinski definition) is 1. The Balaban J connectivity index is 2.66. The number of esters is 1. The minimum absolute atomic E-state index is 0.111. The molecule has 0 fully saturated rings. The Kier molecular flexibility index (Phi) is 7.54. The van der Waals surface area contributed by atoms with Gasteiger partial charge in [0.25, 0.3) is 0 Å². The summed E-state index contributed by atoms with van der Waals surface area (Å²) in [6, 6.07) is 4.33. The number of carbonyl (C=O) groups excluding carboxylic acids is 2. The van der Waals surface area contributed by atoms with Crippen LogP contribution in [0.3, 0.4) is 0 Å². The first-order valence-corrected chi connectivity index (χ1v) is 7.54. The fraction of sp³-hybridized carbons (Fsp3) is 0.467. The molecule has 1 unspecified atom stereocenters. The van der Waals surface area contributed by atoms with E-state index in [4.69, 9.17) is 27.9 Å². The van der Waals surface area contributed by atoms with Crippen molar-refractivity contribution < 1.29 is 14.3 Å². The molecule has 1 N–H and O–H groups in total. The number of carbonyl (C=O) groups is 2. The number of halogens is 2. The molecule has 0 radical (unpaired) electrons. The van der Waals surface area contributed by atoms with E-state index in [0.717, 1.165) is 12.8 Å². The molecule has 0 heterocycles. The summed E-state index contributed by atoms with van der Waals surface area (Å²) in [4.78, 5) is 23.7. The Hall–Kier alpha value is -1.26. The van der Waals surface area contributed by atoms with Crippen LogP contribution in [0.1, 0.15) is 31.7 Å². The second-order valence-electron chi connectivity index (χ2n) is 4.74. The fourth-order valence-electron chi connectivity index (χ4n) is 1.94. The second-order valence-corrected chi connectivity index (χ2v) is 5.61. The maximum Gasteiger partial charge on any atom is 0.328 e. The quantitative estimate of drug-likeness (QED) is 0.779. The first kappa shape index (κ1) is 17.8. The van der Waals surface area contributed by atoms with E-state index in [1.807, 2.05) is 6.92 Å². The van der Waals surface area contributed by atoms with Gasteiger partial charge in [0, 0.05) is 10.0 Å². The minimum atomic E-state index is -0.614. The number of methoxy groups -OCH3 is 1. The van der Waals surface area contributed by atoms with E-state index in [9.17, 15) is 9.59 Å². The summed E-state index contributed by atoms with van der Waals surface area (Å²) in [6.07, 6.45) is 2.45. The summed E-state index contributed by atoms with van der Waals surface area (Å²) in [5.74, 6) is -0.694. The van der Waals surface area contributed by atoms with Gasteiger partial charge in [-0.2, -0.15) is 0 Å². The molecule has 1 aromatic carbocycles.